The second kappa shape index (κ2) is 6.09. The highest BCUT2D eigenvalue weighted by Crippen LogP contribution is 2.19. The molecule has 0 aliphatic carbocycles. The van der Waals surface area contributed by atoms with Crippen molar-refractivity contribution >= 4 is 11.8 Å². The SMILES string of the molecule is CCCCCSc1ccc(C)cc1. The first kappa shape index (κ1) is 10.6. The lowest BCUT2D eigenvalue weighted by molar-refractivity contribution is 0.778. The van der Waals surface area contributed by atoms with Gasteiger partial charge in [0.25, 0.3) is 0 Å². The van der Waals surface area contributed by atoms with Gasteiger partial charge < -0.3 is 0 Å². The predicted molar refractivity (Wildman–Crippen MR) is 61.4 cm³/mol. The van der Waals surface area contributed by atoms with Crippen LogP contribution in [0.2, 0.25) is 0 Å². The monoisotopic (exact) mass is 194 g/mol. The van der Waals surface area contributed by atoms with Crippen molar-refractivity contribution in [3.8, 4) is 0 Å². The highest BCUT2D eigenvalue weighted by atomic mass is 32.2. The molecule has 0 aromatic heterocycles. The lowest BCUT2D eigenvalue weighted by Crippen LogP contribution is -1.80. The maximum atomic E-state index is 2.25. The van der Waals surface area contributed by atoms with Crippen molar-refractivity contribution < 1.29 is 0 Å². The minimum absolute atomic E-state index is 1.26. The minimum atomic E-state index is 1.26. The molecule has 1 aromatic carbocycles. The molecule has 0 saturated heterocycles. The van der Waals surface area contributed by atoms with E-state index >= 15 is 0 Å². The van der Waals surface area contributed by atoms with Crippen LogP contribution < -0.4 is 0 Å². The lowest BCUT2D eigenvalue weighted by Gasteiger charge is -2.00. The zero-order valence-corrected chi connectivity index (χ0v) is 9.36. The molecular weight excluding hydrogens is 176 g/mol. The van der Waals surface area contributed by atoms with Crippen molar-refractivity contribution in [1.29, 1.82) is 0 Å². The second-order valence-electron chi connectivity index (χ2n) is 3.37. The summed E-state index contributed by atoms with van der Waals surface area (Å²) in [5.41, 5.74) is 1.35. The Morgan fingerprint density at radius 1 is 1.08 bits per heavy atom. The van der Waals surface area contributed by atoms with Crippen LogP contribution in [0.1, 0.15) is 31.7 Å². The standard InChI is InChI=1S/C12H18S/c1-3-4-5-10-13-12-8-6-11(2)7-9-12/h6-9H,3-5,10H2,1-2H3. The molecule has 1 heteroatoms. The van der Waals surface area contributed by atoms with Crippen molar-refractivity contribution in [2.24, 2.45) is 0 Å². The van der Waals surface area contributed by atoms with E-state index in [9.17, 15) is 0 Å². The zero-order chi connectivity index (χ0) is 9.52. The Morgan fingerprint density at radius 2 is 1.77 bits per heavy atom. The molecule has 0 atom stereocenters. The average Bonchev–Trinajstić information content (AvgIpc) is 2.15. The van der Waals surface area contributed by atoms with E-state index < -0.39 is 0 Å². The number of hydrogen-bond acceptors (Lipinski definition) is 1. The summed E-state index contributed by atoms with van der Waals surface area (Å²) < 4.78 is 0. The molecule has 13 heavy (non-hydrogen) atoms. The Kier molecular flexibility index (Phi) is 4.99. The van der Waals surface area contributed by atoms with Gasteiger partial charge in [0.1, 0.15) is 0 Å². The van der Waals surface area contributed by atoms with E-state index in [1.165, 1.54) is 35.5 Å². The van der Waals surface area contributed by atoms with Gasteiger partial charge in [0, 0.05) is 4.90 Å². The van der Waals surface area contributed by atoms with Gasteiger partial charge in [-0.2, -0.15) is 0 Å². The van der Waals surface area contributed by atoms with Crippen LogP contribution in [0.3, 0.4) is 0 Å². The molecule has 1 rings (SSSR count). The number of rotatable bonds is 5. The second-order valence-corrected chi connectivity index (χ2v) is 4.54. The molecule has 0 bridgehead atoms. The third-order valence-corrected chi connectivity index (χ3v) is 3.14. The summed E-state index contributed by atoms with van der Waals surface area (Å²) in [4.78, 5) is 1.40. The molecule has 72 valence electrons. The first-order valence-corrected chi connectivity index (χ1v) is 6.01. The van der Waals surface area contributed by atoms with Crippen molar-refractivity contribution in [2.75, 3.05) is 5.75 Å². The van der Waals surface area contributed by atoms with Gasteiger partial charge in [-0.3, -0.25) is 0 Å². The van der Waals surface area contributed by atoms with Crippen LogP contribution in [-0.2, 0) is 0 Å². The largest absolute Gasteiger partial charge is 0.126 e. The first-order chi connectivity index (χ1) is 6.33. The van der Waals surface area contributed by atoms with E-state index in [0.717, 1.165) is 0 Å². The van der Waals surface area contributed by atoms with Crippen molar-refractivity contribution in [3.63, 3.8) is 0 Å². The summed E-state index contributed by atoms with van der Waals surface area (Å²) in [7, 11) is 0. The van der Waals surface area contributed by atoms with Crippen LogP contribution >= 0.6 is 11.8 Å². The maximum absolute atomic E-state index is 2.25. The molecule has 0 fully saturated rings. The summed E-state index contributed by atoms with van der Waals surface area (Å²) in [6.45, 7) is 4.38. The van der Waals surface area contributed by atoms with E-state index in [4.69, 9.17) is 0 Å². The van der Waals surface area contributed by atoms with Gasteiger partial charge in [0.15, 0.2) is 0 Å². The summed E-state index contributed by atoms with van der Waals surface area (Å²) in [6, 6.07) is 8.79. The fourth-order valence-corrected chi connectivity index (χ4v) is 2.09. The van der Waals surface area contributed by atoms with Crippen molar-refractivity contribution in [2.45, 2.75) is 38.0 Å². The van der Waals surface area contributed by atoms with Crippen LogP contribution in [0.15, 0.2) is 29.2 Å². The van der Waals surface area contributed by atoms with Gasteiger partial charge in [-0.05, 0) is 31.2 Å². The van der Waals surface area contributed by atoms with Crippen LogP contribution in [0.5, 0.6) is 0 Å². The maximum Gasteiger partial charge on any atom is 0.00721 e. The normalized spacial score (nSPS) is 10.3. The highest BCUT2D eigenvalue weighted by molar-refractivity contribution is 7.99. The van der Waals surface area contributed by atoms with Crippen molar-refractivity contribution in [1.82, 2.24) is 0 Å². The molecule has 0 radical (unpaired) electrons. The fraction of sp³-hybridized carbons (Fsp3) is 0.500. The zero-order valence-electron chi connectivity index (χ0n) is 8.55. The summed E-state index contributed by atoms with van der Waals surface area (Å²) in [6.07, 6.45) is 4.02. The molecule has 0 heterocycles. The Balaban J connectivity index is 2.25. The van der Waals surface area contributed by atoms with Gasteiger partial charge >= 0.3 is 0 Å². The van der Waals surface area contributed by atoms with E-state index in [0.29, 0.717) is 0 Å². The molecule has 0 saturated carbocycles. The predicted octanol–water partition coefficient (Wildman–Crippen LogP) is 4.28. The average molecular weight is 194 g/mol. The van der Waals surface area contributed by atoms with Crippen LogP contribution in [0.4, 0.5) is 0 Å². The molecule has 0 spiro atoms. The topological polar surface area (TPSA) is 0 Å². The summed E-state index contributed by atoms with van der Waals surface area (Å²) >= 11 is 1.97. The number of hydrogen-bond donors (Lipinski definition) is 0. The first-order valence-electron chi connectivity index (χ1n) is 5.02. The van der Waals surface area contributed by atoms with Gasteiger partial charge in [0.2, 0.25) is 0 Å². The molecule has 0 amide bonds. The quantitative estimate of drug-likeness (QED) is 0.498. The highest BCUT2D eigenvalue weighted by Gasteiger charge is 1.92. The van der Waals surface area contributed by atoms with Gasteiger partial charge in [-0.1, -0.05) is 37.5 Å². The number of aryl methyl sites for hydroxylation is 1. The summed E-state index contributed by atoms with van der Waals surface area (Å²) in [5.74, 6) is 1.26. The Hall–Kier alpha value is -0.430. The smallest absolute Gasteiger partial charge is 0.00721 e. The van der Waals surface area contributed by atoms with Crippen LogP contribution in [-0.4, -0.2) is 5.75 Å². The molecule has 0 N–H and O–H groups in total. The molecule has 0 unspecified atom stereocenters. The van der Waals surface area contributed by atoms with Crippen LogP contribution in [0, 0.1) is 6.92 Å². The van der Waals surface area contributed by atoms with E-state index in [1.807, 2.05) is 11.8 Å². The van der Waals surface area contributed by atoms with Crippen molar-refractivity contribution in [3.05, 3.63) is 29.8 Å². The third-order valence-electron chi connectivity index (χ3n) is 2.04. The Morgan fingerprint density at radius 3 is 2.38 bits per heavy atom. The molecule has 0 aliphatic heterocycles. The van der Waals surface area contributed by atoms with Crippen LogP contribution in [0.25, 0.3) is 0 Å². The Labute approximate surface area is 85.7 Å². The van der Waals surface area contributed by atoms with Gasteiger partial charge in [0.05, 0.1) is 0 Å². The molecule has 0 nitrogen and oxygen atoms in total. The van der Waals surface area contributed by atoms with Gasteiger partial charge in [-0.15, -0.1) is 11.8 Å². The fourth-order valence-electron chi connectivity index (χ4n) is 1.18. The minimum Gasteiger partial charge on any atom is -0.126 e. The third kappa shape index (κ3) is 4.37. The molecule has 1 aromatic rings. The number of thioether (sulfide) groups is 1. The summed E-state index contributed by atoms with van der Waals surface area (Å²) in [5, 5.41) is 0. The molecule has 0 aliphatic rings. The lowest BCUT2D eigenvalue weighted by atomic mass is 10.2. The molecular formula is C12H18S. The van der Waals surface area contributed by atoms with Gasteiger partial charge in [-0.25, -0.2) is 0 Å². The number of benzene rings is 1. The number of unbranched alkanes of at least 4 members (excludes halogenated alkanes) is 2. The van der Waals surface area contributed by atoms with E-state index in [2.05, 4.69) is 38.1 Å². The van der Waals surface area contributed by atoms with E-state index in [1.54, 1.807) is 0 Å². The van der Waals surface area contributed by atoms with E-state index in [-0.39, 0.29) is 0 Å². The Bertz CT molecular complexity index is 225.